The molecule has 0 aromatic carbocycles. The van der Waals surface area contributed by atoms with E-state index in [1.54, 1.807) is 6.92 Å². The van der Waals surface area contributed by atoms with E-state index < -0.39 is 5.97 Å². The minimum atomic E-state index is -0.598. The van der Waals surface area contributed by atoms with E-state index in [4.69, 9.17) is 0 Å². The van der Waals surface area contributed by atoms with Crippen molar-refractivity contribution in [3.8, 4) is 0 Å². The number of H-pyrrole nitrogens is 1. The van der Waals surface area contributed by atoms with Gasteiger partial charge in [-0.15, -0.1) is 0 Å². The Balaban J connectivity index is 3.13. The molecule has 0 bridgehead atoms. The van der Waals surface area contributed by atoms with Gasteiger partial charge in [-0.2, -0.15) is 0 Å². The number of nitrogens with one attached hydrogen (secondary N) is 1. The average Bonchev–Trinajstić information content (AvgIpc) is 2.08. The third-order valence-electron chi connectivity index (χ3n) is 1.37. The van der Waals surface area contributed by atoms with Crippen LogP contribution in [0.2, 0.25) is 0 Å². The summed E-state index contributed by atoms with van der Waals surface area (Å²) in [6, 6.07) is 0. The molecule has 5 heteroatoms. The van der Waals surface area contributed by atoms with Gasteiger partial charge in [-0.1, -0.05) is 0 Å². The second kappa shape index (κ2) is 3.17. The Morgan fingerprint density at radius 2 is 2.33 bits per heavy atom. The van der Waals surface area contributed by atoms with Gasteiger partial charge in [0.15, 0.2) is 0 Å². The van der Waals surface area contributed by atoms with Crippen LogP contribution in [0.25, 0.3) is 0 Å². The van der Waals surface area contributed by atoms with Crippen molar-refractivity contribution in [3.63, 3.8) is 0 Å². The number of rotatable bonds is 1. The van der Waals surface area contributed by atoms with Gasteiger partial charge in [-0.05, 0) is 6.92 Å². The molecule has 5 nitrogen and oxygen atoms in total. The van der Waals surface area contributed by atoms with Crippen molar-refractivity contribution in [3.05, 3.63) is 27.9 Å². The fourth-order valence-corrected chi connectivity index (χ4v) is 0.679. The molecule has 1 heterocycles. The van der Waals surface area contributed by atoms with Crippen LogP contribution in [0, 0.1) is 6.92 Å². The largest absolute Gasteiger partial charge is 0.464 e. The number of esters is 1. The lowest BCUT2D eigenvalue weighted by Crippen LogP contribution is -2.17. The molecule has 1 aromatic rings. The SMILES string of the molecule is COC(=O)c1cnc(C)c(=O)[nH]1. The van der Waals surface area contributed by atoms with Crippen molar-refractivity contribution in [1.29, 1.82) is 0 Å². The van der Waals surface area contributed by atoms with Crippen LogP contribution in [-0.4, -0.2) is 23.0 Å². The molecule has 0 saturated heterocycles. The summed E-state index contributed by atoms with van der Waals surface area (Å²) in [7, 11) is 1.24. The summed E-state index contributed by atoms with van der Waals surface area (Å²) < 4.78 is 4.38. The summed E-state index contributed by atoms with van der Waals surface area (Å²) in [5.74, 6) is -0.598. The highest BCUT2D eigenvalue weighted by molar-refractivity contribution is 5.86. The molecule has 0 amide bonds. The summed E-state index contributed by atoms with van der Waals surface area (Å²) in [6.07, 6.45) is 1.27. The molecule has 1 rings (SSSR count). The smallest absolute Gasteiger partial charge is 0.356 e. The van der Waals surface area contributed by atoms with E-state index >= 15 is 0 Å². The van der Waals surface area contributed by atoms with E-state index in [-0.39, 0.29) is 11.3 Å². The van der Waals surface area contributed by atoms with Crippen LogP contribution in [0.4, 0.5) is 0 Å². The Morgan fingerprint density at radius 1 is 1.67 bits per heavy atom. The molecule has 64 valence electrons. The third-order valence-corrected chi connectivity index (χ3v) is 1.37. The Hall–Kier alpha value is -1.65. The zero-order valence-corrected chi connectivity index (χ0v) is 6.75. The monoisotopic (exact) mass is 168 g/mol. The highest BCUT2D eigenvalue weighted by atomic mass is 16.5. The van der Waals surface area contributed by atoms with Gasteiger partial charge in [0.05, 0.1) is 13.3 Å². The topological polar surface area (TPSA) is 72.0 Å². The zero-order chi connectivity index (χ0) is 9.14. The van der Waals surface area contributed by atoms with Crippen LogP contribution in [0.15, 0.2) is 11.0 Å². The fourth-order valence-electron chi connectivity index (χ4n) is 0.679. The molecule has 0 spiro atoms. The number of hydrogen-bond acceptors (Lipinski definition) is 4. The lowest BCUT2D eigenvalue weighted by molar-refractivity contribution is 0.0593. The normalized spacial score (nSPS) is 9.50. The van der Waals surface area contributed by atoms with Gasteiger partial charge >= 0.3 is 5.97 Å². The maximum atomic E-state index is 10.9. The van der Waals surface area contributed by atoms with Crippen LogP contribution >= 0.6 is 0 Å². The first-order chi connectivity index (χ1) is 5.65. The van der Waals surface area contributed by atoms with Crippen LogP contribution in [-0.2, 0) is 4.74 Å². The van der Waals surface area contributed by atoms with Crippen LogP contribution in [0.3, 0.4) is 0 Å². The highest BCUT2D eigenvalue weighted by Gasteiger charge is 2.06. The van der Waals surface area contributed by atoms with Gasteiger partial charge in [-0.3, -0.25) is 9.78 Å². The van der Waals surface area contributed by atoms with Gasteiger partial charge < -0.3 is 9.72 Å². The Kier molecular flexibility index (Phi) is 2.23. The molecule has 0 atom stereocenters. The second-order valence-corrected chi connectivity index (χ2v) is 2.20. The van der Waals surface area contributed by atoms with Crippen molar-refractivity contribution in [1.82, 2.24) is 9.97 Å². The molecule has 0 aliphatic heterocycles. The standard InChI is InChI=1S/C7H8N2O3/c1-4-6(10)9-5(3-8-4)7(11)12-2/h3H,1-2H3,(H,9,10). The molecule has 0 saturated carbocycles. The Morgan fingerprint density at radius 3 is 2.83 bits per heavy atom. The molecule has 12 heavy (non-hydrogen) atoms. The molecular formula is C7H8N2O3. The number of nitrogens with zero attached hydrogens (tertiary/aromatic N) is 1. The van der Waals surface area contributed by atoms with Crippen molar-refractivity contribution in [2.24, 2.45) is 0 Å². The van der Waals surface area contributed by atoms with Crippen LogP contribution in [0.1, 0.15) is 16.2 Å². The summed E-state index contributed by atoms with van der Waals surface area (Å²) in [4.78, 5) is 27.8. The molecule has 1 aromatic heterocycles. The van der Waals surface area contributed by atoms with Crippen molar-refractivity contribution >= 4 is 5.97 Å². The van der Waals surface area contributed by atoms with Crippen LogP contribution in [0.5, 0.6) is 0 Å². The van der Waals surface area contributed by atoms with Crippen molar-refractivity contribution in [2.45, 2.75) is 6.92 Å². The van der Waals surface area contributed by atoms with Crippen molar-refractivity contribution in [2.75, 3.05) is 7.11 Å². The average molecular weight is 168 g/mol. The van der Waals surface area contributed by atoms with E-state index in [9.17, 15) is 9.59 Å². The van der Waals surface area contributed by atoms with E-state index in [0.717, 1.165) is 0 Å². The minimum Gasteiger partial charge on any atom is -0.464 e. The van der Waals surface area contributed by atoms with Crippen LogP contribution < -0.4 is 5.56 Å². The molecule has 0 aliphatic carbocycles. The summed E-state index contributed by atoms with van der Waals surface area (Å²) in [6.45, 7) is 1.56. The van der Waals surface area contributed by atoms with Crippen molar-refractivity contribution < 1.29 is 9.53 Å². The number of aromatic amines is 1. The van der Waals surface area contributed by atoms with Gasteiger partial charge in [0, 0.05) is 0 Å². The number of methoxy groups -OCH3 is 1. The fraction of sp³-hybridized carbons (Fsp3) is 0.286. The molecule has 1 N–H and O–H groups in total. The van der Waals surface area contributed by atoms with E-state index in [0.29, 0.717) is 5.69 Å². The molecule has 0 aliphatic rings. The first kappa shape index (κ1) is 8.45. The Labute approximate surface area is 68.4 Å². The number of aryl methyl sites for hydroxylation is 1. The van der Waals surface area contributed by atoms with E-state index in [1.165, 1.54) is 13.3 Å². The van der Waals surface area contributed by atoms with Gasteiger partial charge in [0.25, 0.3) is 5.56 Å². The number of carbonyl (C=O) groups is 1. The number of hydrogen-bond donors (Lipinski definition) is 1. The maximum Gasteiger partial charge on any atom is 0.356 e. The number of aromatic nitrogens is 2. The lowest BCUT2D eigenvalue weighted by atomic mass is 10.4. The molecule has 0 radical (unpaired) electrons. The highest BCUT2D eigenvalue weighted by Crippen LogP contribution is 1.91. The zero-order valence-electron chi connectivity index (χ0n) is 6.75. The maximum absolute atomic E-state index is 10.9. The first-order valence-electron chi connectivity index (χ1n) is 3.29. The van der Waals surface area contributed by atoms with Gasteiger partial charge in [0.2, 0.25) is 0 Å². The van der Waals surface area contributed by atoms with Gasteiger partial charge in [0.1, 0.15) is 11.4 Å². The molecule has 0 unspecified atom stereocenters. The summed E-state index contributed by atoms with van der Waals surface area (Å²) >= 11 is 0. The number of carbonyl (C=O) groups excluding carboxylic acids is 1. The van der Waals surface area contributed by atoms with Gasteiger partial charge in [-0.25, -0.2) is 4.79 Å². The van der Waals surface area contributed by atoms with E-state index in [1.807, 2.05) is 0 Å². The molecule has 0 fully saturated rings. The quantitative estimate of drug-likeness (QED) is 0.592. The Bertz CT molecular complexity index is 356. The third kappa shape index (κ3) is 1.50. The second-order valence-electron chi connectivity index (χ2n) is 2.20. The molecular weight excluding hydrogens is 160 g/mol. The summed E-state index contributed by atoms with van der Waals surface area (Å²) in [5.41, 5.74) is 0.00801. The minimum absolute atomic E-state index is 0.0631. The number of ether oxygens (including phenoxy) is 1. The summed E-state index contributed by atoms with van der Waals surface area (Å²) in [5, 5.41) is 0. The predicted octanol–water partition coefficient (Wildman–Crippen LogP) is -0.135. The predicted molar refractivity (Wildman–Crippen MR) is 40.9 cm³/mol. The van der Waals surface area contributed by atoms with E-state index in [2.05, 4.69) is 14.7 Å². The lowest BCUT2D eigenvalue weighted by Gasteiger charge is -1.97. The first-order valence-corrected chi connectivity index (χ1v) is 3.29.